The number of benzene rings is 2. The molecule has 0 unspecified atom stereocenters. The van der Waals surface area contributed by atoms with Crippen LogP contribution in [-0.2, 0) is 30.8 Å². The van der Waals surface area contributed by atoms with E-state index < -0.39 is 34.5 Å². The van der Waals surface area contributed by atoms with Crippen LogP contribution in [0.2, 0.25) is 5.02 Å². The predicted octanol–water partition coefficient (Wildman–Crippen LogP) is 2.55. The van der Waals surface area contributed by atoms with E-state index in [1.807, 2.05) is 12.1 Å². The van der Waals surface area contributed by atoms with E-state index in [0.717, 1.165) is 5.56 Å². The quantitative estimate of drug-likeness (QED) is 0.539. The van der Waals surface area contributed by atoms with Gasteiger partial charge in [-0.25, -0.2) is 8.42 Å². The molecule has 1 atom stereocenters. The lowest BCUT2D eigenvalue weighted by Crippen LogP contribution is -2.46. The standard InChI is InChI=1S/C21H25ClN2O5S/c1-15(2)20(24-30(27,28)18-6-4-3-5-7-18)21(26)29-14-19(25)23-13-12-16-8-10-17(22)11-9-16/h3-11,15,20,24H,12-14H2,1-2H3,(H,23,25)/t20-/m1/s1. The van der Waals surface area contributed by atoms with Gasteiger partial charge in [-0.05, 0) is 42.2 Å². The van der Waals surface area contributed by atoms with Gasteiger partial charge in [0.1, 0.15) is 6.04 Å². The van der Waals surface area contributed by atoms with Crippen molar-refractivity contribution in [2.75, 3.05) is 13.2 Å². The highest BCUT2D eigenvalue weighted by Crippen LogP contribution is 2.12. The molecule has 7 nitrogen and oxygen atoms in total. The van der Waals surface area contributed by atoms with E-state index >= 15 is 0 Å². The average Bonchev–Trinajstić information content (AvgIpc) is 2.72. The number of amides is 1. The van der Waals surface area contributed by atoms with E-state index in [4.69, 9.17) is 16.3 Å². The normalized spacial score (nSPS) is 12.4. The lowest BCUT2D eigenvalue weighted by Gasteiger charge is -2.20. The van der Waals surface area contributed by atoms with E-state index in [-0.39, 0.29) is 10.8 Å². The number of halogens is 1. The van der Waals surface area contributed by atoms with Gasteiger partial charge in [-0.3, -0.25) is 9.59 Å². The molecule has 30 heavy (non-hydrogen) atoms. The van der Waals surface area contributed by atoms with E-state index in [0.29, 0.717) is 18.0 Å². The highest BCUT2D eigenvalue weighted by atomic mass is 35.5. The number of carbonyl (C=O) groups is 2. The molecule has 0 aromatic heterocycles. The molecule has 2 aromatic rings. The van der Waals surface area contributed by atoms with Crippen LogP contribution in [0.4, 0.5) is 0 Å². The number of ether oxygens (including phenoxy) is 1. The Balaban J connectivity index is 1.84. The summed E-state index contributed by atoms with van der Waals surface area (Å²) in [5.74, 6) is -1.65. The molecule has 0 bridgehead atoms. The third-order valence-corrected chi connectivity index (χ3v) is 5.96. The van der Waals surface area contributed by atoms with Crippen LogP contribution in [0, 0.1) is 5.92 Å². The SMILES string of the molecule is CC(C)[C@@H](NS(=O)(=O)c1ccccc1)C(=O)OCC(=O)NCCc1ccc(Cl)cc1. The maximum atomic E-state index is 12.5. The first-order valence-corrected chi connectivity index (χ1v) is 11.3. The lowest BCUT2D eigenvalue weighted by molar-refractivity contribution is -0.151. The van der Waals surface area contributed by atoms with Crippen LogP contribution < -0.4 is 10.0 Å². The third kappa shape index (κ3) is 7.44. The van der Waals surface area contributed by atoms with Gasteiger partial charge in [-0.15, -0.1) is 0 Å². The van der Waals surface area contributed by atoms with Gasteiger partial charge < -0.3 is 10.1 Å². The smallest absolute Gasteiger partial charge is 0.324 e. The summed E-state index contributed by atoms with van der Waals surface area (Å²) in [5, 5.41) is 3.29. The van der Waals surface area contributed by atoms with Gasteiger partial charge in [0.15, 0.2) is 6.61 Å². The number of rotatable bonds is 10. The van der Waals surface area contributed by atoms with E-state index in [9.17, 15) is 18.0 Å². The molecule has 2 rings (SSSR count). The Labute approximate surface area is 181 Å². The number of sulfonamides is 1. The predicted molar refractivity (Wildman–Crippen MR) is 115 cm³/mol. The molecular weight excluding hydrogens is 428 g/mol. The zero-order valence-electron chi connectivity index (χ0n) is 16.8. The van der Waals surface area contributed by atoms with Crippen LogP contribution in [0.25, 0.3) is 0 Å². The first kappa shape index (κ1) is 23.9. The Morgan fingerprint density at radius 2 is 1.67 bits per heavy atom. The molecule has 2 aromatic carbocycles. The van der Waals surface area contributed by atoms with Crippen molar-refractivity contribution in [3.63, 3.8) is 0 Å². The van der Waals surface area contributed by atoms with Crippen LogP contribution >= 0.6 is 11.6 Å². The monoisotopic (exact) mass is 452 g/mol. The second-order valence-corrected chi connectivity index (χ2v) is 9.14. The Hall–Kier alpha value is -2.42. The molecule has 0 aliphatic rings. The average molecular weight is 453 g/mol. The summed E-state index contributed by atoms with van der Waals surface area (Å²) in [6.07, 6.45) is 0.600. The van der Waals surface area contributed by atoms with Crippen molar-refractivity contribution in [1.82, 2.24) is 10.0 Å². The van der Waals surface area contributed by atoms with Crippen molar-refractivity contribution < 1.29 is 22.7 Å². The topological polar surface area (TPSA) is 102 Å². The summed E-state index contributed by atoms with van der Waals surface area (Å²) >= 11 is 5.83. The van der Waals surface area contributed by atoms with Gasteiger partial charge in [-0.2, -0.15) is 4.72 Å². The number of hydrogen-bond acceptors (Lipinski definition) is 5. The minimum absolute atomic E-state index is 0.0448. The van der Waals surface area contributed by atoms with Crippen molar-refractivity contribution >= 4 is 33.5 Å². The highest BCUT2D eigenvalue weighted by Gasteiger charge is 2.30. The molecule has 9 heteroatoms. The van der Waals surface area contributed by atoms with E-state index in [2.05, 4.69) is 10.0 Å². The molecule has 2 N–H and O–H groups in total. The molecule has 0 saturated carbocycles. The summed E-state index contributed by atoms with van der Waals surface area (Å²) < 4.78 is 32.3. The van der Waals surface area contributed by atoms with Gasteiger partial charge in [0.2, 0.25) is 10.0 Å². The van der Waals surface area contributed by atoms with Crippen molar-refractivity contribution in [1.29, 1.82) is 0 Å². The molecule has 0 spiro atoms. The molecule has 0 aliphatic carbocycles. The maximum absolute atomic E-state index is 12.5. The summed E-state index contributed by atoms with van der Waals surface area (Å²) in [4.78, 5) is 24.4. The third-order valence-electron chi connectivity index (χ3n) is 4.25. The molecule has 0 heterocycles. The van der Waals surface area contributed by atoms with Crippen molar-refractivity contribution in [2.45, 2.75) is 31.2 Å². The summed E-state index contributed by atoms with van der Waals surface area (Å²) in [6.45, 7) is 3.25. The first-order chi connectivity index (χ1) is 14.2. The van der Waals surface area contributed by atoms with Gasteiger partial charge in [0, 0.05) is 11.6 Å². The summed E-state index contributed by atoms with van der Waals surface area (Å²) in [7, 11) is -3.90. The molecule has 0 fully saturated rings. The Morgan fingerprint density at radius 1 is 1.03 bits per heavy atom. The fraction of sp³-hybridized carbons (Fsp3) is 0.333. The minimum atomic E-state index is -3.90. The lowest BCUT2D eigenvalue weighted by atomic mass is 10.1. The number of carbonyl (C=O) groups excluding carboxylic acids is 2. The molecular formula is C21H25ClN2O5S. The van der Waals surface area contributed by atoms with Gasteiger partial charge in [0.25, 0.3) is 5.91 Å². The van der Waals surface area contributed by atoms with Gasteiger partial charge in [-0.1, -0.05) is 55.8 Å². The molecule has 1 amide bonds. The van der Waals surface area contributed by atoms with Crippen LogP contribution in [-0.4, -0.2) is 39.5 Å². The minimum Gasteiger partial charge on any atom is -0.454 e. The zero-order valence-corrected chi connectivity index (χ0v) is 18.4. The van der Waals surface area contributed by atoms with Crippen molar-refractivity contribution in [3.8, 4) is 0 Å². The van der Waals surface area contributed by atoms with Crippen LogP contribution in [0.3, 0.4) is 0 Å². The number of esters is 1. The first-order valence-electron chi connectivity index (χ1n) is 9.44. The van der Waals surface area contributed by atoms with Crippen LogP contribution in [0.5, 0.6) is 0 Å². The van der Waals surface area contributed by atoms with E-state index in [1.54, 1.807) is 44.2 Å². The van der Waals surface area contributed by atoms with Crippen LogP contribution in [0.15, 0.2) is 59.5 Å². The van der Waals surface area contributed by atoms with Gasteiger partial charge in [0.05, 0.1) is 4.90 Å². The Kier molecular flexibility index (Phi) is 8.83. The van der Waals surface area contributed by atoms with Crippen molar-refractivity contribution in [2.24, 2.45) is 5.92 Å². The second kappa shape index (κ2) is 11.1. The van der Waals surface area contributed by atoms with E-state index in [1.165, 1.54) is 12.1 Å². The molecule has 0 saturated heterocycles. The summed E-state index contributed by atoms with van der Waals surface area (Å²) in [6, 6.07) is 13.9. The van der Waals surface area contributed by atoms with Gasteiger partial charge >= 0.3 is 5.97 Å². The fourth-order valence-electron chi connectivity index (χ4n) is 2.57. The zero-order chi connectivity index (χ0) is 22.1. The molecule has 0 radical (unpaired) electrons. The largest absolute Gasteiger partial charge is 0.454 e. The van der Waals surface area contributed by atoms with Crippen LogP contribution in [0.1, 0.15) is 19.4 Å². The van der Waals surface area contributed by atoms with Crippen molar-refractivity contribution in [3.05, 3.63) is 65.2 Å². The number of hydrogen-bond donors (Lipinski definition) is 2. The Bertz CT molecular complexity index is 947. The summed E-state index contributed by atoms with van der Waals surface area (Å²) in [5.41, 5.74) is 1.01. The fourth-order valence-corrected chi connectivity index (χ4v) is 4.05. The second-order valence-electron chi connectivity index (χ2n) is 6.99. The molecule has 162 valence electrons. The Morgan fingerprint density at radius 3 is 2.27 bits per heavy atom. The maximum Gasteiger partial charge on any atom is 0.324 e. The number of nitrogens with one attached hydrogen (secondary N) is 2. The highest BCUT2D eigenvalue weighted by molar-refractivity contribution is 7.89. The molecule has 0 aliphatic heterocycles.